The molecule has 4 rings (SSSR count). The van der Waals surface area contributed by atoms with Crippen molar-refractivity contribution in [3.8, 4) is 29.6 Å². The van der Waals surface area contributed by atoms with Crippen LogP contribution in [0.5, 0.6) is 17.2 Å². The molecule has 0 bridgehead atoms. The van der Waals surface area contributed by atoms with Gasteiger partial charge in [0.05, 0.1) is 16.8 Å². The van der Waals surface area contributed by atoms with Gasteiger partial charge in [0.1, 0.15) is 30.0 Å². The number of rotatable bonds is 8. The molecule has 2 N–H and O–H groups in total. The lowest BCUT2D eigenvalue weighted by atomic mass is 9.99. The van der Waals surface area contributed by atoms with Crippen molar-refractivity contribution in [3.63, 3.8) is 0 Å². The van der Waals surface area contributed by atoms with E-state index in [1.807, 2.05) is 30.3 Å². The molecule has 6 heteroatoms. The summed E-state index contributed by atoms with van der Waals surface area (Å²) in [6.45, 7) is 3.85. The van der Waals surface area contributed by atoms with Crippen molar-refractivity contribution >= 4 is 11.8 Å². The number of phenols is 1. The number of phenolic OH excluding ortho intramolecular Hbond substituents is 1. The number of aromatic hydroxyl groups is 1. The van der Waals surface area contributed by atoms with Crippen molar-refractivity contribution in [2.24, 2.45) is 0 Å². The third-order valence-electron chi connectivity index (χ3n) is 5.82. The van der Waals surface area contributed by atoms with Crippen LogP contribution >= 0.6 is 11.8 Å². The third-order valence-corrected chi connectivity index (χ3v) is 7.17. The standard InChI is InChI=1S/C27H29NO4S/c1-2-3-6-21(13-17-29)27-26(32-24-12-9-22(30)19-25(24)33-27)20-7-10-23(11-8-20)31-18-16-28-14-4-5-15-28/h1,3,6-13,19,26-27,29-30H,4-5,14-18H2/b6-3-,21-13+/t26-,27+/m0/s1. The second-order valence-electron chi connectivity index (χ2n) is 8.06. The third kappa shape index (κ3) is 5.94. The molecule has 0 spiro atoms. The van der Waals surface area contributed by atoms with Crippen molar-refractivity contribution in [3.05, 3.63) is 71.8 Å². The SMILES string of the molecule is C#C/C=C\C(=C/CO)[C@H]1Sc2cc(O)ccc2O[C@H]1c1ccc(OCCN2CCCC2)cc1. The van der Waals surface area contributed by atoms with Crippen LogP contribution in [-0.4, -0.2) is 53.2 Å². The first-order chi connectivity index (χ1) is 16.2. The van der Waals surface area contributed by atoms with Crippen molar-refractivity contribution < 1.29 is 19.7 Å². The fourth-order valence-corrected chi connectivity index (χ4v) is 5.49. The minimum atomic E-state index is -0.300. The van der Waals surface area contributed by atoms with Gasteiger partial charge in [0, 0.05) is 6.54 Å². The lowest BCUT2D eigenvalue weighted by molar-refractivity contribution is 0.199. The molecule has 2 aromatic rings. The zero-order valence-electron chi connectivity index (χ0n) is 18.5. The molecule has 0 radical (unpaired) electrons. The summed E-state index contributed by atoms with van der Waals surface area (Å²) in [5, 5.41) is 19.4. The number of nitrogens with zero attached hydrogens (tertiary/aromatic N) is 1. The van der Waals surface area contributed by atoms with E-state index in [0.717, 1.165) is 41.4 Å². The molecule has 0 saturated carbocycles. The molecule has 1 fully saturated rings. The van der Waals surface area contributed by atoms with Crippen LogP contribution in [0, 0.1) is 12.3 Å². The van der Waals surface area contributed by atoms with E-state index in [9.17, 15) is 10.2 Å². The molecule has 0 unspecified atom stereocenters. The predicted octanol–water partition coefficient (Wildman–Crippen LogP) is 4.57. The minimum Gasteiger partial charge on any atom is -0.508 e. The molecule has 0 aromatic heterocycles. The Bertz CT molecular complexity index is 1040. The summed E-state index contributed by atoms with van der Waals surface area (Å²) in [5.41, 5.74) is 1.86. The quantitative estimate of drug-likeness (QED) is 0.442. The van der Waals surface area contributed by atoms with Gasteiger partial charge < -0.3 is 19.7 Å². The molecule has 2 heterocycles. The summed E-state index contributed by atoms with van der Waals surface area (Å²) >= 11 is 1.58. The highest BCUT2D eigenvalue weighted by Gasteiger charge is 2.34. The van der Waals surface area contributed by atoms with E-state index in [0.29, 0.717) is 12.4 Å². The molecule has 33 heavy (non-hydrogen) atoms. The maximum absolute atomic E-state index is 9.93. The second-order valence-corrected chi connectivity index (χ2v) is 9.24. The van der Waals surface area contributed by atoms with Crippen LogP contribution in [-0.2, 0) is 0 Å². The zero-order chi connectivity index (χ0) is 23.0. The summed E-state index contributed by atoms with van der Waals surface area (Å²) in [7, 11) is 0. The summed E-state index contributed by atoms with van der Waals surface area (Å²) in [6, 6.07) is 13.1. The fraction of sp³-hybridized carbons (Fsp3) is 0.333. The largest absolute Gasteiger partial charge is 0.508 e. The lowest BCUT2D eigenvalue weighted by Crippen LogP contribution is -2.26. The first-order valence-corrected chi connectivity index (χ1v) is 12.1. The normalized spacial score (nSPS) is 20.9. The monoisotopic (exact) mass is 463 g/mol. The minimum absolute atomic E-state index is 0.106. The van der Waals surface area contributed by atoms with Crippen molar-refractivity contribution in [2.75, 3.05) is 32.8 Å². The molecule has 2 aliphatic rings. The van der Waals surface area contributed by atoms with Gasteiger partial charge >= 0.3 is 0 Å². The first-order valence-electron chi connectivity index (χ1n) is 11.2. The number of aliphatic hydroxyl groups is 1. The van der Waals surface area contributed by atoms with Crippen molar-refractivity contribution in [1.29, 1.82) is 0 Å². The van der Waals surface area contributed by atoms with Gasteiger partial charge in [0.2, 0.25) is 0 Å². The number of hydrogen-bond acceptors (Lipinski definition) is 6. The molecule has 1 saturated heterocycles. The van der Waals surface area contributed by atoms with E-state index in [1.165, 1.54) is 12.8 Å². The lowest BCUT2D eigenvalue weighted by Gasteiger charge is -2.34. The Morgan fingerprint density at radius 3 is 2.73 bits per heavy atom. The van der Waals surface area contributed by atoms with E-state index in [4.69, 9.17) is 15.9 Å². The Hall–Kier alpha value is -2.85. The molecule has 5 nitrogen and oxygen atoms in total. The summed E-state index contributed by atoms with van der Waals surface area (Å²) in [5.74, 6) is 4.25. The van der Waals surface area contributed by atoms with Gasteiger partial charge in [-0.3, -0.25) is 4.90 Å². The predicted molar refractivity (Wildman–Crippen MR) is 132 cm³/mol. The average molecular weight is 464 g/mol. The van der Waals surface area contributed by atoms with Crippen LogP contribution in [0.25, 0.3) is 0 Å². The van der Waals surface area contributed by atoms with Gasteiger partial charge in [0.25, 0.3) is 0 Å². The molecular formula is C27H29NO4S. The van der Waals surface area contributed by atoms with Gasteiger partial charge in [-0.2, -0.15) is 0 Å². The number of allylic oxidation sites excluding steroid dienone is 2. The van der Waals surface area contributed by atoms with Crippen molar-refractivity contribution in [2.45, 2.75) is 29.1 Å². The smallest absolute Gasteiger partial charge is 0.140 e. The molecule has 2 aliphatic heterocycles. The van der Waals surface area contributed by atoms with Gasteiger partial charge in [-0.05, 0) is 79.6 Å². The van der Waals surface area contributed by atoms with Crippen LogP contribution in [0.1, 0.15) is 24.5 Å². The van der Waals surface area contributed by atoms with E-state index in [1.54, 1.807) is 42.1 Å². The Morgan fingerprint density at radius 1 is 1.21 bits per heavy atom. The number of ether oxygens (including phenoxy) is 2. The van der Waals surface area contributed by atoms with Gasteiger partial charge in [-0.1, -0.05) is 24.1 Å². The van der Waals surface area contributed by atoms with Crippen LogP contribution in [0.2, 0.25) is 0 Å². The van der Waals surface area contributed by atoms with E-state index >= 15 is 0 Å². The molecular weight excluding hydrogens is 434 g/mol. The molecule has 2 aromatic carbocycles. The van der Waals surface area contributed by atoms with Crippen LogP contribution in [0.15, 0.2) is 71.2 Å². The summed E-state index contributed by atoms with van der Waals surface area (Å²) in [4.78, 5) is 3.27. The van der Waals surface area contributed by atoms with Crippen LogP contribution < -0.4 is 9.47 Å². The van der Waals surface area contributed by atoms with Crippen LogP contribution in [0.3, 0.4) is 0 Å². The first kappa shape index (κ1) is 23.3. The Balaban J connectivity index is 1.54. The highest BCUT2D eigenvalue weighted by atomic mass is 32.2. The maximum Gasteiger partial charge on any atom is 0.140 e. The topological polar surface area (TPSA) is 62.2 Å². The van der Waals surface area contributed by atoms with E-state index < -0.39 is 0 Å². The molecule has 0 aliphatic carbocycles. The van der Waals surface area contributed by atoms with Gasteiger partial charge in [-0.15, -0.1) is 18.2 Å². The number of likely N-dealkylation sites (tertiary alicyclic amines) is 1. The van der Waals surface area contributed by atoms with Crippen LogP contribution in [0.4, 0.5) is 0 Å². The Kier molecular flexibility index (Phi) is 8.01. The summed E-state index contributed by atoms with van der Waals surface area (Å²) < 4.78 is 12.3. The summed E-state index contributed by atoms with van der Waals surface area (Å²) in [6.07, 6.45) is 12.9. The number of hydrogen-bond donors (Lipinski definition) is 2. The molecule has 0 amide bonds. The van der Waals surface area contributed by atoms with Gasteiger partial charge in [0.15, 0.2) is 0 Å². The number of benzene rings is 2. The Labute approximate surface area is 199 Å². The van der Waals surface area contributed by atoms with E-state index in [-0.39, 0.29) is 23.7 Å². The van der Waals surface area contributed by atoms with Crippen molar-refractivity contribution in [1.82, 2.24) is 4.90 Å². The van der Waals surface area contributed by atoms with E-state index in [2.05, 4.69) is 10.8 Å². The second kappa shape index (κ2) is 11.3. The Morgan fingerprint density at radius 2 is 2.00 bits per heavy atom. The number of fused-ring (bicyclic) bond motifs is 1. The number of terminal acetylenes is 1. The average Bonchev–Trinajstić information content (AvgIpc) is 3.35. The maximum atomic E-state index is 9.93. The number of aliphatic hydroxyl groups excluding tert-OH is 1. The number of thioether (sulfide) groups is 1. The van der Waals surface area contributed by atoms with Gasteiger partial charge in [-0.25, -0.2) is 0 Å². The highest BCUT2D eigenvalue weighted by Crippen LogP contribution is 2.49. The molecule has 2 atom stereocenters. The highest BCUT2D eigenvalue weighted by molar-refractivity contribution is 8.00. The molecule has 172 valence electrons. The fourth-order valence-electron chi connectivity index (χ4n) is 4.15. The zero-order valence-corrected chi connectivity index (χ0v) is 19.3.